The largest absolute Gasteiger partial charge is 0.332 e. The molecule has 0 spiro atoms. The first-order valence-electron chi connectivity index (χ1n) is 7.03. The van der Waals surface area contributed by atoms with Crippen LogP contribution in [0.5, 0.6) is 0 Å². The molecule has 0 aliphatic carbocycles. The van der Waals surface area contributed by atoms with Crippen LogP contribution in [0.2, 0.25) is 0 Å². The number of rotatable bonds is 2. The number of halogens is 1. The molecule has 0 bridgehead atoms. The molecule has 0 radical (unpaired) electrons. The minimum absolute atomic E-state index is 0.130. The molecule has 1 N–H and O–H groups in total. The van der Waals surface area contributed by atoms with E-state index in [9.17, 15) is 14.4 Å². The van der Waals surface area contributed by atoms with Crippen LogP contribution in [0.3, 0.4) is 0 Å². The van der Waals surface area contributed by atoms with Gasteiger partial charge in [-0.05, 0) is 46.9 Å². The van der Waals surface area contributed by atoms with E-state index in [4.69, 9.17) is 0 Å². The SMILES string of the molecule is Cn1c(=O)c2ccc(C(=O)Nc3ccccc3I)nc2n(C)c1=O. The standard InChI is InChI=1S/C16H13IN4O3/c1-20-13-9(15(23)21(2)16(20)24)7-8-12(18-13)14(22)19-11-6-4-3-5-10(11)17/h3-8H,1-2H3,(H,19,22). The second-order valence-corrected chi connectivity index (χ2v) is 6.37. The molecule has 7 nitrogen and oxygen atoms in total. The molecule has 1 amide bonds. The van der Waals surface area contributed by atoms with Gasteiger partial charge in [0.25, 0.3) is 11.5 Å². The van der Waals surface area contributed by atoms with Crippen LogP contribution in [0.15, 0.2) is 46.0 Å². The van der Waals surface area contributed by atoms with Gasteiger partial charge in [0.15, 0.2) is 0 Å². The smallest absolute Gasteiger partial charge is 0.320 e. The normalized spacial score (nSPS) is 10.8. The van der Waals surface area contributed by atoms with Gasteiger partial charge in [0.05, 0.1) is 11.1 Å². The Hall–Kier alpha value is -2.49. The van der Waals surface area contributed by atoms with Crippen molar-refractivity contribution < 1.29 is 4.79 Å². The Balaban J connectivity index is 2.08. The number of aromatic nitrogens is 3. The molecule has 1 aromatic carbocycles. The van der Waals surface area contributed by atoms with Crippen molar-refractivity contribution in [1.29, 1.82) is 0 Å². The number of anilines is 1. The molecule has 0 unspecified atom stereocenters. The molecule has 0 aliphatic heterocycles. The monoisotopic (exact) mass is 436 g/mol. The second-order valence-electron chi connectivity index (χ2n) is 5.21. The quantitative estimate of drug-likeness (QED) is 0.617. The van der Waals surface area contributed by atoms with Crippen LogP contribution in [-0.4, -0.2) is 20.0 Å². The van der Waals surface area contributed by atoms with Crippen molar-refractivity contribution in [2.45, 2.75) is 0 Å². The Bertz CT molecular complexity index is 1080. The van der Waals surface area contributed by atoms with Gasteiger partial charge < -0.3 is 5.32 Å². The Morgan fingerprint density at radius 1 is 1.08 bits per heavy atom. The predicted octanol–water partition coefficient (Wildman–Crippen LogP) is 1.49. The lowest BCUT2D eigenvalue weighted by Crippen LogP contribution is -2.37. The van der Waals surface area contributed by atoms with Crippen molar-refractivity contribution in [2.75, 3.05) is 5.32 Å². The van der Waals surface area contributed by atoms with Crippen LogP contribution in [0, 0.1) is 3.57 Å². The van der Waals surface area contributed by atoms with Crippen LogP contribution in [-0.2, 0) is 14.1 Å². The van der Waals surface area contributed by atoms with Gasteiger partial charge in [0.2, 0.25) is 0 Å². The molecule has 3 rings (SSSR count). The Morgan fingerprint density at radius 2 is 1.79 bits per heavy atom. The van der Waals surface area contributed by atoms with Crippen LogP contribution in [0.25, 0.3) is 11.0 Å². The fourth-order valence-electron chi connectivity index (χ4n) is 2.33. The molecule has 0 saturated heterocycles. The van der Waals surface area contributed by atoms with Crippen molar-refractivity contribution in [3.8, 4) is 0 Å². The summed E-state index contributed by atoms with van der Waals surface area (Å²) in [5, 5.41) is 3.05. The van der Waals surface area contributed by atoms with Gasteiger partial charge in [-0.25, -0.2) is 9.78 Å². The molecular formula is C16H13IN4O3. The number of nitrogens with one attached hydrogen (secondary N) is 1. The molecule has 24 heavy (non-hydrogen) atoms. The lowest BCUT2D eigenvalue weighted by atomic mass is 10.2. The lowest BCUT2D eigenvalue weighted by molar-refractivity contribution is 0.102. The summed E-state index contributed by atoms with van der Waals surface area (Å²) in [7, 11) is 2.92. The van der Waals surface area contributed by atoms with E-state index in [-0.39, 0.29) is 16.7 Å². The van der Waals surface area contributed by atoms with Crippen LogP contribution in [0.1, 0.15) is 10.5 Å². The highest BCUT2D eigenvalue weighted by Crippen LogP contribution is 2.18. The number of pyridine rings is 1. The maximum absolute atomic E-state index is 12.4. The number of hydrogen-bond donors (Lipinski definition) is 1. The number of fused-ring (bicyclic) bond motifs is 1. The molecule has 0 aliphatic rings. The van der Waals surface area contributed by atoms with Gasteiger partial charge in [-0.3, -0.25) is 18.7 Å². The van der Waals surface area contributed by atoms with Gasteiger partial charge in [-0.2, -0.15) is 0 Å². The molecule has 0 fully saturated rings. The highest BCUT2D eigenvalue weighted by Gasteiger charge is 2.14. The van der Waals surface area contributed by atoms with Crippen LogP contribution >= 0.6 is 22.6 Å². The first-order valence-corrected chi connectivity index (χ1v) is 8.10. The minimum atomic E-state index is -0.491. The molecule has 0 saturated carbocycles. The molecule has 2 heterocycles. The summed E-state index contributed by atoms with van der Waals surface area (Å²) in [6.45, 7) is 0. The second kappa shape index (κ2) is 6.19. The summed E-state index contributed by atoms with van der Waals surface area (Å²) in [5.74, 6) is -0.408. The first-order chi connectivity index (χ1) is 11.4. The first kappa shape index (κ1) is 16.4. The summed E-state index contributed by atoms with van der Waals surface area (Å²) < 4.78 is 3.15. The Morgan fingerprint density at radius 3 is 2.50 bits per heavy atom. The summed E-state index contributed by atoms with van der Waals surface area (Å²) in [4.78, 5) is 40.7. The zero-order valence-electron chi connectivity index (χ0n) is 12.9. The van der Waals surface area contributed by atoms with E-state index in [1.807, 2.05) is 18.2 Å². The number of carbonyl (C=O) groups excluding carboxylic acids is 1. The van der Waals surface area contributed by atoms with Crippen molar-refractivity contribution >= 4 is 45.2 Å². The topological polar surface area (TPSA) is 86.0 Å². The van der Waals surface area contributed by atoms with Gasteiger partial charge >= 0.3 is 5.69 Å². The number of aryl methyl sites for hydroxylation is 1. The van der Waals surface area contributed by atoms with E-state index in [2.05, 4.69) is 32.9 Å². The van der Waals surface area contributed by atoms with E-state index >= 15 is 0 Å². The number of nitrogens with zero attached hydrogens (tertiary/aromatic N) is 3. The zero-order valence-corrected chi connectivity index (χ0v) is 15.1. The maximum atomic E-state index is 12.4. The molecule has 3 aromatic rings. The van der Waals surface area contributed by atoms with Crippen LogP contribution in [0.4, 0.5) is 5.69 Å². The molecule has 122 valence electrons. The number of benzene rings is 1. The van der Waals surface area contributed by atoms with E-state index < -0.39 is 17.2 Å². The fraction of sp³-hybridized carbons (Fsp3) is 0.125. The molecule has 8 heteroatoms. The van der Waals surface area contributed by atoms with Gasteiger partial charge in [-0.15, -0.1) is 0 Å². The molecule has 0 atom stereocenters. The van der Waals surface area contributed by atoms with E-state index in [1.54, 1.807) is 6.07 Å². The minimum Gasteiger partial charge on any atom is -0.320 e. The third kappa shape index (κ3) is 2.73. The highest BCUT2D eigenvalue weighted by atomic mass is 127. The average molecular weight is 436 g/mol. The fourth-order valence-corrected chi connectivity index (χ4v) is 2.85. The van der Waals surface area contributed by atoms with E-state index in [0.717, 1.165) is 8.14 Å². The molecular weight excluding hydrogens is 423 g/mol. The van der Waals surface area contributed by atoms with Crippen molar-refractivity contribution in [1.82, 2.24) is 14.1 Å². The van der Waals surface area contributed by atoms with E-state index in [0.29, 0.717) is 5.69 Å². The van der Waals surface area contributed by atoms with Crippen LogP contribution < -0.4 is 16.6 Å². The Kier molecular flexibility index (Phi) is 4.22. The molecule has 2 aromatic heterocycles. The number of carbonyl (C=O) groups is 1. The third-order valence-corrected chi connectivity index (χ3v) is 4.60. The number of para-hydroxylation sites is 1. The zero-order chi connectivity index (χ0) is 17.4. The third-order valence-electron chi connectivity index (χ3n) is 3.66. The maximum Gasteiger partial charge on any atom is 0.332 e. The summed E-state index contributed by atoms with van der Waals surface area (Å²) >= 11 is 2.12. The van der Waals surface area contributed by atoms with Gasteiger partial charge in [0.1, 0.15) is 11.3 Å². The van der Waals surface area contributed by atoms with Crippen molar-refractivity contribution in [3.05, 3.63) is 66.5 Å². The number of amides is 1. The van der Waals surface area contributed by atoms with E-state index in [1.165, 1.54) is 30.8 Å². The van der Waals surface area contributed by atoms with Crippen molar-refractivity contribution in [3.63, 3.8) is 0 Å². The highest BCUT2D eigenvalue weighted by molar-refractivity contribution is 14.1. The lowest BCUT2D eigenvalue weighted by Gasteiger charge is -2.09. The average Bonchev–Trinajstić information content (AvgIpc) is 2.59. The summed E-state index contributed by atoms with van der Waals surface area (Å²) in [5.41, 5.74) is 0.0482. The summed E-state index contributed by atoms with van der Waals surface area (Å²) in [6.07, 6.45) is 0. The number of hydrogen-bond acceptors (Lipinski definition) is 4. The summed E-state index contributed by atoms with van der Waals surface area (Å²) in [6, 6.07) is 10.3. The van der Waals surface area contributed by atoms with Gasteiger partial charge in [-0.1, -0.05) is 12.1 Å². The van der Waals surface area contributed by atoms with Crippen molar-refractivity contribution in [2.24, 2.45) is 14.1 Å². The predicted molar refractivity (Wildman–Crippen MR) is 99.3 cm³/mol. The Labute approximate surface area is 150 Å². The van der Waals surface area contributed by atoms with Gasteiger partial charge in [0, 0.05) is 17.7 Å².